The zero-order valence-corrected chi connectivity index (χ0v) is 14.4. The lowest BCUT2D eigenvalue weighted by Crippen LogP contribution is -2.37. The van der Waals surface area contributed by atoms with Gasteiger partial charge < -0.3 is 9.73 Å². The van der Waals surface area contributed by atoms with Gasteiger partial charge in [-0.15, -0.1) is 0 Å². The highest BCUT2D eigenvalue weighted by molar-refractivity contribution is 5.79. The highest BCUT2D eigenvalue weighted by Gasteiger charge is 2.13. The van der Waals surface area contributed by atoms with Gasteiger partial charge in [0, 0.05) is 13.1 Å². The summed E-state index contributed by atoms with van der Waals surface area (Å²) in [5.74, 6) is -0.112. The van der Waals surface area contributed by atoms with Crippen LogP contribution < -0.4 is 5.32 Å². The number of rotatable bonds is 11. The molecule has 0 aromatic carbocycles. The summed E-state index contributed by atoms with van der Waals surface area (Å²) in [6.45, 7) is 5.29. The number of nitro groups is 1. The number of carbonyl (C=O) groups excluding carboxylic acids is 1. The number of hydrogen-bond acceptors (Lipinski definition) is 5. The number of carbonyl (C=O) groups is 1. The van der Waals surface area contributed by atoms with Gasteiger partial charge in [-0.25, -0.2) is 9.80 Å². The van der Waals surface area contributed by atoms with Crippen molar-refractivity contribution in [2.45, 2.75) is 52.4 Å². The SMILES string of the molecule is CCCCCNC(=O)N(CCCCC)/N=C/c1ccc([N+](=O)[O-])o1. The van der Waals surface area contributed by atoms with Crippen LogP contribution in [0.15, 0.2) is 21.7 Å². The van der Waals surface area contributed by atoms with Crippen molar-refractivity contribution < 1.29 is 14.1 Å². The fourth-order valence-corrected chi connectivity index (χ4v) is 2.02. The van der Waals surface area contributed by atoms with Gasteiger partial charge in [0.05, 0.1) is 12.3 Å². The smallest absolute Gasteiger partial charge is 0.400 e. The van der Waals surface area contributed by atoms with E-state index in [0.717, 1.165) is 38.5 Å². The van der Waals surface area contributed by atoms with Crippen LogP contribution in [-0.4, -0.2) is 35.3 Å². The topological polar surface area (TPSA) is 101 Å². The summed E-state index contributed by atoms with van der Waals surface area (Å²) in [6.07, 6.45) is 7.29. The van der Waals surface area contributed by atoms with Crippen LogP contribution in [0.3, 0.4) is 0 Å². The molecule has 1 N–H and O–H groups in total. The molecule has 0 bridgehead atoms. The lowest BCUT2D eigenvalue weighted by Gasteiger charge is -2.17. The highest BCUT2D eigenvalue weighted by atomic mass is 16.6. The molecule has 1 aromatic rings. The second-order valence-electron chi connectivity index (χ2n) is 5.45. The number of hydrazone groups is 1. The van der Waals surface area contributed by atoms with Gasteiger partial charge >= 0.3 is 11.9 Å². The Morgan fingerprint density at radius 1 is 1.29 bits per heavy atom. The molecule has 1 heterocycles. The Morgan fingerprint density at radius 2 is 2.00 bits per heavy atom. The molecule has 0 aliphatic carbocycles. The van der Waals surface area contributed by atoms with Crippen LogP contribution in [-0.2, 0) is 0 Å². The van der Waals surface area contributed by atoms with Crippen LogP contribution in [0.2, 0.25) is 0 Å². The third-order valence-electron chi connectivity index (χ3n) is 3.38. The molecule has 0 radical (unpaired) electrons. The molecule has 0 fully saturated rings. The maximum absolute atomic E-state index is 12.2. The highest BCUT2D eigenvalue weighted by Crippen LogP contribution is 2.14. The monoisotopic (exact) mass is 338 g/mol. The van der Waals surface area contributed by atoms with E-state index in [9.17, 15) is 14.9 Å². The van der Waals surface area contributed by atoms with Crippen LogP contribution >= 0.6 is 0 Å². The Hall–Kier alpha value is -2.38. The Kier molecular flexibility index (Phi) is 9.18. The molecule has 0 aliphatic heterocycles. The molecule has 8 nitrogen and oxygen atoms in total. The molecule has 0 saturated carbocycles. The first-order chi connectivity index (χ1) is 11.6. The molecular formula is C16H26N4O4. The molecule has 0 saturated heterocycles. The predicted molar refractivity (Wildman–Crippen MR) is 92.1 cm³/mol. The van der Waals surface area contributed by atoms with Crippen molar-refractivity contribution in [1.29, 1.82) is 0 Å². The Balaban J connectivity index is 2.63. The van der Waals surface area contributed by atoms with E-state index >= 15 is 0 Å². The summed E-state index contributed by atoms with van der Waals surface area (Å²) in [7, 11) is 0. The second kappa shape index (κ2) is 11.2. The molecule has 134 valence electrons. The first-order valence-corrected chi connectivity index (χ1v) is 8.42. The van der Waals surface area contributed by atoms with E-state index in [1.165, 1.54) is 23.4 Å². The minimum atomic E-state index is -0.614. The summed E-state index contributed by atoms with van der Waals surface area (Å²) >= 11 is 0. The molecule has 0 spiro atoms. The van der Waals surface area contributed by atoms with Crippen LogP contribution in [0.1, 0.15) is 58.1 Å². The fourth-order valence-electron chi connectivity index (χ4n) is 2.02. The molecule has 0 aliphatic rings. The number of nitrogens with one attached hydrogen (secondary N) is 1. The fraction of sp³-hybridized carbons (Fsp3) is 0.625. The second-order valence-corrected chi connectivity index (χ2v) is 5.45. The average molecular weight is 338 g/mol. The lowest BCUT2D eigenvalue weighted by molar-refractivity contribution is -0.402. The molecule has 8 heteroatoms. The van der Waals surface area contributed by atoms with Crippen molar-refractivity contribution in [2.75, 3.05) is 13.1 Å². The van der Waals surface area contributed by atoms with E-state index < -0.39 is 4.92 Å². The standard InChI is InChI=1S/C16H26N4O4/c1-3-5-7-11-17-16(21)19(12-8-6-4-2)18-13-14-9-10-15(24-14)20(22)23/h9-10,13H,3-8,11-12H2,1-2H3,(H,17,21)/b18-13+. The largest absolute Gasteiger partial charge is 0.433 e. The van der Waals surface area contributed by atoms with Gasteiger partial charge in [-0.3, -0.25) is 10.1 Å². The van der Waals surface area contributed by atoms with Gasteiger partial charge in [0.15, 0.2) is 5.76 Å². The minimum absolute atomic E-state index is 0.237. The normalized spacial score (nSPS) is 10.9. The van der Waals surface area contributed by atoms with Crippen molar-refractivity contribution in [3.8, 4) is 0 Å². The third kappa shape index (κ3) is 7.26. The number of amides is 2. The van der Waals surface area contributed by atoms with E-state index in [1.54, 1.807) is 0 Å². The molecule has 24 heavy (non-hydrogen) atoms. The van der Waals surface area contributed by atoms with E-state index in [4.69, 9.17) is 4.42 Å². The Labute approximate surface area is 142 Å². The van der Waals surface area contributed by atoms with Crippen LogP contribution in [0.4, 0.5) is 10.7 Å². The summed E-state index contributed by atoms with van der Waals surface area (Å²) < 4.78 is 5.01. The van der Waals surface area contributed by atoms with E-state index in [-0.39, 0.29) is 17.7 Å². The van der Waals surface area contributed by atoms with Gasteiger partial charge in [-0.2, -0.15) is 5.10 Å². The van der Waals surface area contributed by atoms with E-state index in [2.05, 4.69) is 24.3 Å². The van der Waals surface area contributed by atoms with Crippen LogP contribution in [0, 0.1) is 10.1 Å². The van der Waals surface area contributed by atoms with Crippen LogP contribution in [0.5, 0.6) is 0 Å². The average Bonchev–Trinajstić information content (AvgIpc) is 3.04. The quantitative estimate of drug-likeness (QED) is 0.286. The summed E-state index contributed by atoms with van der Waals surface area (Å²) in [6, 6.07) is 2.44. The van der Waals surface area contributed by atoms with Gasteiger partial charge in [-0.1, -0.05) is 39.5 Å². The molecule has 1 aromatic heterocycles. The van der Waals surface area contributed by atoms with Gasteiger partial charge in [0.2, 0.25) is 0 Å². The predicted octanol–water partition coefficient (Wildman–Crippen LogP) is 3.91. The van der Waals surface area contributed by atoms with Gasteiger partial charge in [-0.05, 0) is 18.9 Å². The number of unbranched alkanes of at least 4 members (excludes halogenated alkanes) is 4. The molecular weight excluding hydrogens is 312 g/mol. The summed E-state index contributed by atoms with van der Waals surface area (Å²) in [5.41, 5.74) is 0. The maximum atomic E-state index is 12.2. The molecule has 0 unspecified atom stereocenters. The number of furan rings is 1. The van der Waals surface area contributed by atoms with Crippen molar-refractivity contribution >= 4 is 18.1 Å². The van der Waals surface area contributed by atoms with Gasteiger partial charge in [0.1, 0.15) is 4.92 Å². The first-order valence-electron chi connectivity index (χ1n) is 8.42. The zero-order valence-electron chi connectivity index (χ0n) is 14.4. The Bertz CT molecular complexity index is 542. The van der Waals surface area contributed by atoms with Crippen LogP contribution in [0.25, 0.3) is 0 Å². The number of hydrogen-bond donors (Lipinski definition) is 1. The Morgan fingerprint density at radius 3 is 2.62 bits per heavy atom. The first kappa shape index (κ1) is 19.7. The van der Waals surface area contributed by atoms with Crippen molar-refractivity contribution in [3.63, 3.8) is 0 Å². The zero-order chi connectivity index (χ0) is 17.8. The summed E-state index contributed by atoms with van der Waals surface area (Å²) in [5, 5.41) is 18.9. The van der Waals surface area contributed by atoms with Crippen molar-refractivity contribution in [1.82, 2.24) is 10.3 Å². The third-order valence-corrected chi connectivity index (χ3v) is 3.38. The molecule has 1 rings (SSSR count). The number of urea groups is 1. The molecule has 0 atom stereocenters. The minimum Gasteiger partial charge on any atom is -0.400 e. The van der Waals surface area contributed by atoms with E-state index in [1.807, 2.05) is 0 Å². The van der Waals surface area contributed by atoms with E-state index in [0.29, 0.717) is 13.1 Å². The van der Waals surface area contributed by atoms with Crippen molar-refractivity contribution in [3.05, 3.63) is 28.0 Å². The summed E-state index contributed by atoms with van der Waals surface area (Å²) in [4.78, 5) is 22.2. The van der Waals surface area contributed by atoms with Gasteiger partial charge in [0.25, 0.3) is 0 Å². The number of nitrogens with zero attached hydrogens (tertiary/aromatic N) is 3. The van der Waals surface area contributed by atoms with Crippen molar-refractivity contribution in [2.24, 2.45) is 5.10 Å². The lowest BCUT2D eigenvalue weighted by atomic mass is 10.2. The molecule has 2 amide bonds. The maximum Gasteiger partial charge on any atom is 0.433 e.